The average Bonchev–Trinajstić information content (AvgIpc) is 2.46. The zero-order chi connectivity index (χ0) is 15.2. The van der Waals surface area contributed by atoms with Crippen molar-refractivity contribution in [3.63, 3.8) is 0 Å². The highest BCUT2D eigenvalue weighted by Crippen LogP contribution is 2.18. The van der Waals surface area contributed by atoms with Crippen LogP contribution in [-0.2, 0) is 4.79 Å². The third-order valence-corrected chi connectivity index (χ3v) is 3.47. The number of rotatable bonds is 5. The van der Waals surface area contributed by atoms with Gasteiger partial charge in [-0.2, -0.15) is 0 Å². The number of hydrogen-bond acceptors (Lipinski definition) is 3. The van der Waals surface area contributed by atoms with Crippen molar-refractivity contribution in [2.75, 3.05) is 12.3 Å². The lowest BCUT2D eigenvalue weighted by Gasteiger charge is -2.15. The van der Waals surface area contributed by atoms with Crippen molar-refractivity contribution in [3.05, 3.63) is 58.6 Å². The second-order valence-corrected chi connectivity index (χ2v) is 5.62. The molecule has 2 aromatic rings. The maximum absolute atomic E-state index is 11.9. The van der Waals surface area contributed by atoms with Gasteiger partial charge in [0.15, 0.2) is 6.61 Å². The van der Waals surface area contributed by atoms with Gasteiger partial charge in [-0.3, -0.25) is 4.79 Å². The molecule has 0 heterocycles. The molecule has 0 saturated heterocycles. The number of carbonyl (C=O) groups is 1. The van der Waals surface area contributed by atoms with Crippen molar-refractivity contribution in [3.8, 4) is 5.75 Å². The van der Waals surface area contributed by atoms with Crippen LogP contribution in [0.3, 0.4) is 0 Å². The van der Waals surface area contributed by atoms with Crippen molar-refractivity contribution in [2.45, 2.75) is 13.0 Å². The molecular formula is C16H17BrN2O2. The van der Waals surface area contributed by atoms with Gasteiger partial charge < -0.3 is 15.8 Å². The summed E-state index contributed by atoms with van der Waals surface area (Å²) in [5.74, 6) is 0.453. The normalized spacial score (nSPS) is 11.7. The second kappa shape index (κ2) is 7.13. The van der Waals surface area contributed by atoms with E-state index in [4.69, 9.17) is 10.5 Å². The largest absolute Gasteiger partial charge is 0.484 e. The summed E-state index contributed by atoms with van der Waals surface area (Å²) in [5, 5.41) is 2.90. The van der Waals surface area contributed by atoms with Crippen molar-refractivity contribution in [2.24, 2.45) is 0 Å². The number of carbonyl (C=O) groups excluding carboxylic acids is 1. The first-order valence-corrected chi connectivity index (χ1v) is 7.37. The van der Waals surface area contributed by atoms with E-state index in [0.717, 1.165) is 10.0 Å². The maximum atomic E-state index is 11.9. The van der Waals surface area contributed by atoms with Gasteiger partial charge >= 0.3 is 0 Å². The van der Waals surface area contributed by atoms with Gasteiger partial charge in [-0.05, 0) is 48.9 Å². The van der Waals surface area contributed by atoms with Crippen LogP contribution < -0.4 is 15.8 Å². The second-order valence-electron chi connectivity index (χ2n) is 4.70. The number of amides is 1. The summed E-state index contributed by atoms with van der Waals surface area (Å²) in [6, 6.07) is 14.7. The molecule has 0 aliphatic rings. The number of benzene rings is 2. The minimum absolute atomic E-state index is 0.0255. The SMILES string of the molecule is CC(NC(=O)COc1ccc(N)cc1)c1cccc(Br)c1. The van der Waals surface area contributed by atoms with E-state index in [9.17, 15) is 4.79 Å². The standard InChI is InChI=1S/C16H17BrN2O2/c1-11(12-3-2-4-13(17)9-12)19-16(20)10-21-15-7-5-14(18)6-8-15/h2-9,11H,10,18H2,1H3,(H,19,20). The number of ether oxygens (including phenoxy) is 1. The summed E-state index contributed by atoms with van der Waals surface area (Å²) >= 11 is 3.42. The number of nitrogens with two attached hydrogens (primary N) is 1. The quantitative estimate of drug-likeness (QED) is 0.815. The fourth-order valence-electron chi connectivity index (χ4n) is 1.86. The lowest BCUT2D eigenvalue weighted by atomic mass is 10.1. The monoisotopic (exact) mass is 348 g/mol. The van der Waals surface area contributed by atoms with Crippen LogP contribution in [0.5, 0.6) is 5.75 Å². The Morgan fingerprint density at radius 1 is 1.29 bits per heavy atom. The Balaban J connectivity index is 1.85. The van der Waals surface area contributed by atoms with Crippen molar-refractivity contribution in [1.82, 2.24) is 5.32 Å². The lowest BCUT2D eigenvalue weighted by Crippen LogP contribution is -2.31. The summed E-state index contributed by atoms with van der Waals surface area (Å²) in [5.41, 5.74) is 7.28. The van der Waals surface area contributed by atoms with Gasteiger partial charge in [-0.15, -0.1) is 0 Å². The fourth-order valence-corrected chi connectivity index (χ4v) is 2.27. The minimum atomic E-state index is -0.167. The molecule has 0 spiro atoms. The number of nitrogens with one attached hydrogen (secondary N) is 1. The zero-order valence-electron chi connectivity index (χ0n) is 11.7. The predicted octanol–water partition coefficient (Wildman–Crippen LogP) is 3.29. The molecule has 1 unspecified atom stereocenters. The van der Waals surface area contributed by atoms with Gasteiger partial charge in [0.2, 0.25) is 0 Å². The molecule has 0 aromatic heterocycles. The Labute approximate surface area is 132 Å². The zero-order valence-corrected chi connectivity index (χ0v) is 13.3. The maximum Gasteiger partial charge on any atom is 0.258 e. The van der Waals surface area contributed by atoms with E-state index in [2.05, 4.69) is 21.2 Å². The molecule has 21 heavy (non-hydrogen) atoms. The molecule has 0 saturated carbocycles. The number of halogens is 1. The van der Waals surface area contributed by atoms with Crippen LogP contribution in [0.1, 0.15) is 18.5 Å². The molecule has 0 bridgehead atoms. The Morgan fingerprint density at radius 2 is 2.00 bits per heavy atom. The van der Waals surface area contributed by atoms with E-state index < -0.39 is 0 Å². The topological polar surface area (TPSA) is 64.3 Å². The number of nitrogen functional groups attached to an aromatic ring is 1. The van der Waals surface area contributed by atoms with Crippen LogP contribution in [0.15, 0.2) is 53.0 Å². The average molecular weight is 349 g/mol. The number of anilines is 1. The van der Waals surface area contributed by atoms with Crippen LogP contribution in [0, 0.1) is 0 Å². The highest BCUT2D eigenvalue weighted by molar-refractivity contribution is 9.10. The summed E-state index contributed by atoms with van der Waals surface area (Å²) < 4.78 is 6.39. The third-order valence-electron chi connectivity index (χ3n) is 2.98. The molecule has 0 fully saturated rings. The lowest BCUT2D eigenvalue weighted by molar-refractivity contribution is -0.123. The molecule has 1 amide bonds. The summed E-state index contributed by atoms with van der Waals surface area (Å²) in [6.07, 6.45) is 0. The van der Waals surface area contributed by atoms with Gasteiger partial charge in [0.1, 0.15) is 5.75 Å². The van der Waals surface area contributed by atoms with Crippen LogP contribution in [-0.4, -0.2) is 12.5 Å². The van der Waals surface area contributed by atoms with Crippen LogP contribution in [0.4, 0.5) is 5.69 Å². The molecule has 4 nitrogen and oxygen atoms in total. The van der Waals surface area contributed by atoms with Crippen molar-refractivity contribution < 1.29 is 9.53 Å². The van der Waals surface area contributed by atoms with Crippen molar-refractivity contribution >= 4 is 27.5 Å². The van der Waals surface area contributed by atoms with Gasteiger partial charge in [0.05, 0.1) is 6.04 Å². The van der Waals surface area contributed by atoms with Crippen LogP contribution in [0.25, 0.3) is 0 Å². The smallest absolute Gasteiger partial charge is 0.258 e. The summed E-state index contributed by atoms with van der Waals surface area (Å²) in [4.78, 5) is 11.9. The summed E-state index contributed by atoms with van der Waals surface area (Å²) in [6.45, 7) is 1.91. The fraction of sp³-hybridized carbons (Fsp3) is 0.188. The van der Waals surface area contributed by atoms with Crippen molar-refractivity contribution in [1.29, 1.82) is 0 Å². The highest BCUT2D eigenvalue weighted by Gasteiger charge is 2.10. The minimum Gasteiger partial charge on any atom is -0.484 e. The first kappa shape index (κ1) is 15.4. The number of hydrogen-bond donors (Lipinski definition) is 2. The van der Waals surface area contributed by atoms with Crippen LogP contribution in [0.2, 0.25) is 0 Å². The predicted molar refractivity (Wildman–Crippen MR) is 87.0 cm³/mol. The van der Waals surface area contributed by atoms with E-state index in [1.165, 1.54) is 0 Å². The molecule has 5 heteroatoms. The van der Waals surface area contributed by atoms with E-state index in [-0.39, 0.29) is 18.6 Å². The molecule has 0 aliphatic heterocycles. The molecule has 2 aromatic carbocycles. The summed E-state index contributed by atoms with van der Waals surface area (Å²) in [7, 11) is 0. The van der Waals surface area contributed by atoms with E-state index in [1.807, 2.05) is 31.2 Å². The first-order chi connectivity index (χ1) is 10.0. The molecule has 0 radical (unpaired) electrons. The van der Waals surface area contributed by atoms with Gasteiger partial charge in [-0.1, -0.05) is 28.1 Å². The Bertz CT molecular complexity index is 614. The van der Waals surface area contributed by atoms with E-state index >= 15 is 0 Å². The third kappa shape index (κ3) is 4.79. The first-order valence-electron chi connectivity index (χ1n) is 6.58. The van der Waals surface area contributed by atoms with Gasteiger partial charge in [0.25, 0.3) is 5.91 Å². The highest BCUT2D eigenvalue weighted by atomic mass is 79.9. The molecule has 3 N–H and O–H groups in total. The molecular weight excluding hydrogens is 332 g/mol. The van der Waals surface area contributed by atoms with E-state index in [1.54, 1.807) is 24.3 Å². The van der Waals surface area contributed by atoms with Gasteiger partial charge in [0, 0.05) is 10.2 Å². The Kier molecular flexibility index (Phi) is 5.22. The van der Waals surface area contributed by atoms with Crippen LogP contribution >= 0.6 is 15.9 Å². The molecule has 2 rings (SSSR count). The Morgan fingerprint density at radius 3 is 2.67 bits per heavy atom. The molecule has 1 atom stereocenters. The molecule has 110 valence electrons. The molecule has 0 aliphatic carbocycles. The Hall–Kier alpha value is -2.01. The van der Waals surface area contributed by atoms with E-state index in [0.29, 0.717) is 11.4 Å². The van der Waals surface area contributed by atoms with Gasteiger partial charge in [-0.25, -0.2) is 0 Å².